The lowest BCUT2D eigenvalue weighted by Gasteiger charge is -2.63. The average molecular weight is 712 g/mol. The molecule has 1 N–H and O–H groups in total. The van der Waals surface area contributed by atoms with Gasteiger partial charge in [-0.3, -0.25) is 9.69 Å². The summed E-state index contributed by atoms with van der Waals surface area (Å²) >= 11 is 12.6. The standard InChI is InChI=1S/C36H37Cl2FN4O6/c37-7-6-24(41-17-36(18-41)19-42(20-36)27-15-48-16-27)8-23(38)9-33(44)40-12-22-2-1-3-28(34(22)49-21-40)29-11-32(30(35(45)46)10-31(29)39)43-25-4-5-26(43)14-47-13-25/h1-3,6-11,25-27H,4-5,12-21H2,(H,45,46)/b7-6+,23-9-,24-8+. The van der Waals surface area contributed by atoms with Gasteiger partial charge in [0.25, 0.3) is 5.91 Å². The Hall–Kier alpha value is -3.61. The fourth-order valence-corrected chi connectivity index (χ4v) is 8.49. The number of carbonyl (C=O) groups excluding carboxylic acids is 1. The van der Waals surface area contributed by atoms with E-state index < -0.39 is 11.8 Å². The van der Waals surface area contributed by atoms with Crippen molar-refractivity contribution in [3.8, 4) is 16.9 Å². The number of likely N-dealkylation sites (tertiary alicyclic amines) is 2. The van der Waals surface area contributed by atoms with Gasteiger partial charge in [-0.1, -0.05) is 41.4 Å². The Balaban J connectivity index is 0.981. The average Bonchev–Trinajstić information content (AvgIpc) is 3.26. The van der Waals surface area contributed by atoms with Gasteiger partial charge in [-0.05, 0) is 37.1 Å². The summed E-state index contributed by atoms with van der Waals surface area (Å²) in [6, 6.07) is 8.71. The Morgan fingerprint density at radius 1 is 0.939 bits per heavy atom. The molecule has 2 aromatic carbocycles. The van der Waals surface area contributed by atoms with E-state index in [-0.39, 0.29) is 52.8 Å². The molecule has 1 amide bonds. The highest BCUT2D eigenvalue weighted by Gasteiger charge is 2.54. The van der Waals surface area contributed by atoms with Crippen LogP contribution in [-0.4, -0.2) is 109 Å². The molecule has 49 heavy (non-hydrogen) atoms. The number of morpholine rings is 1. The second kappa shape index (κ2) is 12.9. The number of ether oxygens (including phenoxy) is 3. The molecule has 0 saturated carbocycles. The molecular formula is C36H37Cl2FN4O6. The number of halogens is 3. The largest absolute Gasteiger partial charge is 0.478 e. The zero-order chi connectivity index (χ0) is 33.9. The van der Waals surface area contributed by atoms with Crippen LogP contribution in [0.25, 0.3) is 11.1 Å². The number of hydrogen-bond acceptors (Lipinski definition) is 8. The van der Waals surface area contributed by atoms with Crippen molar-refractivity contribution < 1.29 is 33.3 Å². The number of benzene rings is 2. The number of nitrogens with zero attached hydrogens (tertiary/aromatic N) is 4. The Bertz CT molecular complexity index is 1750. The van der Waals surface area contributed by atoms with E-state index in [1.54, 1.807) is 30.4 Å². The van der Waals surface area contributed by atoms with Crippen LogP contribution in [-0.2, 0) is 20.8 Å². The number of anilines is 1. The van der Waals surface area contributed by atoms with Crippen molar-refractivity contribution >= 4 is 40.8 Å². The van der Waals surface area contributed by atoms with Gasteiger partial charge in [0.05, 0.1) is 62.3 Å². The van der Waals surface area contributed by atoms with E-state index in [9.17, 15) is 14.7 Å². The van der Waals surface area contributed by atoms with Gasteiger partial charge < -0.3 is 34.0 Å². The van der Waals surface area contributed by atoms with Gasteiger partial charge in [0.15, 0.2) is 6.73 Å². The fraction of sp³-hybridized carbons (Fsp3) is 0.444. The van der Waals surface area contributed by atoms with Gasteiger partial charge in [0.2, 0.25) is 0 Å². The van der Waals surface area contributed by atoms with Crippen molar-refractivity contribution in [1.29, 1.82) is 0 Å². The third kappa shape index (κ3) is 5.99. The summed E-state index contributed by atoms with van der Waals surface area (Å²) in [7, 11) is 0. The molecule has 2 bridgehead atoms. The normalized spacial score (nSPS) is 25.2. The van der Waals surface area contributed by atoms with Crippen molar-refractivity contribution in [3.63, 3.8) is 0 Å². The summed E-state index contributed by atoms with van der Waals surface area (Å²) in [5, 5.41) is 10.2. The first-order valence-electron chi connectivity index (χ1n) is 16.6. The first-order valence-corrected chi connectivity index (χ1v) is 17.4. The maximum atomic E-state index is 15.7. The Kier molecular flexibility index (Phi) is 8.60. The van der Waals surface area contributed by atoms with Crippen LogP contribution in [0.1, 0.15) is 28.8 Å². The molecular weight excluding hydrogens is 674 g/mol. The second-order valence-electron chi connectivity index (χ2n) is 13.9. The second-order valence-corrected chi connectivity index (χ2v) is 14.6. The van der Waals surface area contributed by atoms with Crippen molar-refractivity contribution in [3.05, 3.63) is 81.8 Å². The molecule has 0 aliphatic carbocycles. The maximum absolute atomic E-state index is 15.7. The highest BCUT2D eigenvalue weighted by Crippen LogP contribution is 2.45. The molecule has 6 aliphatic rings. The van der Waals surface area contributed by atoms with Crippen LogP contribution in [0.15, 0.2) is 64.8 Å². The van der Waals surface area contributed by atoms with E-state index in [1.165, 1.54) is 16.5 Å². The molecule has 258 valence electrons. The molecule has 5 fully saturated rings. The number of carboxylic acid groups (broad SMARTS) is 1. The predicted octanol–water partition coefficient (Wildman–Crippen LogP) is 5.01. The molecule has 5 saturated heterocycles. The molecule has 13 heteroatoms. The van der Waals surface area contributed by atoms with E-state index in [1.807, 2.05) is 6.07 Å². The number of carboxylic acids is 1. The molecule has 8 rings (SSSR count). The minimum Gasteiger partial charge on any atom is -0.478 e. The van der Waals surface area contributed by atoms with Crippen LogP contribution in [0.3, 0.4) is 0 Å². The number of amides is 1. The molecule has 2 atom stereocenters. The van der Waals surface area contributed by atoms with E-state index in [2.05, 4.69) is 14.7 Å². The summed E-state index contributed by atoms with van der Waals surface area (Å²) in [5.74, 6) is -1.71. The minimum atomic E-state index is -1.18. The zero-order valence-corrected chi connectivity index (χ0v) is 28.3. The minimum absolute atomic E-state index is 0.0382. The fourth-order valence-electron chi connectivity index (χ4n) is 8.16. The number of allylic oxidation sites excluding steroid dienone is 3. The van der Waals surface area contributed by atoms with Crippen LogP contribution in [0.2, 0.25) is 0 Å². The van der Waals surface area contributed by atoms with E-state index in [4.69, 9.17) is 37.4 Å². The van der Waals surface area contributed by atoms with Crippen molar-refractivity contribution in [2.24, 2.45) is 5.41 Å². The van der Waals surface area contributed by atoms with Crippen LogP contribution in [0.5, 0.6) is 5.75 Å². The summed E-state index contributed by atoms with van der Waals surface area (Å²) in [5.41, 5.74) is 4.41. The lowest BCUT2D eigenvalue weighted by molar-refractivity contribution is -0.168. The van der Waals surface area contributed by atoms with Crippen LogP contribution < -0.4 is 9.64 Å². The molecule has 2 unspecified atom stereocenters. The van der Waals surface area contributed by atoms with Gasteiger partial charge in [-0.2, -0.15) is 0 Å². The first kappa shape index (κ1) is 32.6. The number of para-hydroxylation sites is 1. The van der Waals surface area contributed by atoms with E-state index in [0.717, 1.165) is 64.0 Å². The third-order valence-corrected chi connectivity index (χ3v) is 11.0. The van der Waals surface area contributed by atoms with Gasteiger partial charge in [0, 0.05) is 70.6 Å². The van der Waals surface area contributed by atoms with E-state index in [0.29, 0.717) is 41.8 Å². The zero-order valence-electron chi connectivity index (χ0n) is 26.8. The maximum Gasteiger partial charge on any atom is 0.337 e. The monoisotopic (exact) mass is 710 g/mol. The Morgan fingerprint density at radius 3 is 2.33 bits per heavy atom. The van der Waals surface area contributed by atoms with Gasteiger partial charge in [0.1, 0.15) is 11.6 Å². The van der Waals surface area contributed by atoms with Gasteiger partial charge in [-0.15, -0.1) is 0 Å². The van der Waals surface area contributed by atoms with Crippen LogP contribution >= 0.6 is 23.2 Å². The molecule has 0 radical (unpaired) electrons. The van der Waals surface area contributed by atoms with Crippen molar-refractivity contribution in [2.75, 3.05) is 64.2 Å². The summed E-state index contributed by atoms with van der Waals surface area (Å²) in [6.07, 6.45) is 6.67. The van der Waals surface area contributed by atoms with Crippen molar-refractivity contribution in [1.82, 2.24) is 14.7 Å². The number of carbonyl (C=O) groups is 2. The Morgan fingerprint density at radius 2 is 1.65 bits per heavy atom. The number of hydrogen-bond donors (Lipinski definition) is 1. The highest BCUT2D eigenvalue weighted by molar-refractivity contribution is 6.32. The van der Waals surface area contributed by atoms with Gasteiger partial charge >= 0.3 is 5.97 Å². The van der Waals surface area contributed by atoms with E-state index >= 15 is 4.39 Å². The molecule has 1 spiro atoms. The number of rotatable bonds is 8. The van der Waals surface area contributed by atoms with Crippen molar-refractivity contribution in [2.45, 2.75) is 37.5 Å². The van der Waals surface area contributed by atoms with Gasteiger partial charge in [-0.25, -0.2) is 9.18 Å². The lowest BCUT2D eigenvalue weighted by Crippen LogP contribution is -2.74. The molecule has 2 aromatic rings. The van der Waals surface area contributed by atoms with Crippen LogP contribution in [0.4, 0.5) is 10.1 Å². The number of fused-ring (bicyclic) bond motifs is 3. The molecule has 10 nitrogen and oxygen atoms in total. The predicted molar refractivity (Wildman–Crippen MR) is 182 cm³/mol. The molecule has 6 aliphatic heterocycles. The Labute approximate surface area is 293 Å². The SMILES string of the molecule is O=C(O)c1cc(F)c(-c2cccc3c2OCN(C(=O)/C=C(Cl)/C=C(\C=C\Cl)N2CC4(C2)CN(C2COC2)C4)C3)cc1N1C2CCC1COC2. The summed E-state index contributed by atoms with van der Waals surface area (Å²) in [6.45, 7) is 6.74. The third-order valence-electron chi connectivity index (χ3n) is 10.7. The lowest BCUT2D eigenvalue weighted by atomic mass is 9.71. The highest BCUT2D eigenvalue weighted by atomic mass is 35.5. The summed E-state index contributed by atoms with van der Waals surface area (Å²) in [4.78, 5) is 33.9. The first-order chi connectivity index (χ1) is 23.7. The number of aromatic carboxylic acids is 1. The summed E-state index contributed by atoms with van der Waals surface area (Å²) < 4.78 is 32.8. The smallest absolute Gasteiger partial charge is 0.337 e. The molecule has 0 aromatic heterocycles. The topological polar surface area (TPSA) is 95.0 Å². The van der Waals surface area contributed by atoms with Crippen LogP contribution in [0, 0.1) is 11.2 Å². The quantitative estimate of drug-likeness (QED) is 0.300. The molecule has 6 heterocycles.